The minimum atomic E-state index is -4.79. The molecule has 1 unspecified atom stereocenters. The third-order valence-corrected chi connectivity index (χ3v) is 1.90. The highest BCUT2D eigenvalue weighted by molar-refractivity contribution is 5.29. The molecule has 0 aliphatic heterocycles. The zero-order chi connectivity index (χ0) is 12.5. The average Bonchev–Trinajstić information content (AvgIpc) is 2.14. The van der Waals surface area contributed by atoms with Crippen molar-refractivity contribution in [3.8, 4) is 0 Å². The molecule has 2 N–H and O–H groups in total. The lowest BCUT2D eigenvalue weighted by Crippen LogP contribution is -2.20. The maximum atomic E-state index is 12.8. The van der Waals surface area contributed by atoms with Gasteiger partial charge >= 0.3 is 6.18 Å². The van der Waals surface area contributed by atoms with Crippen molar-refractivity contribution in [1.82, 2.24) is 0 Å². The quantitative estimate of drug-likeness (QED) is 0.793. The summed E-state index contributed by atoms with van der Waals surface area (Å²) >= 11 is 0. The van der Waals surface area contributed by atoms with Crippen molar-refractivity contribution >= 4 is 0 Å². The van der Waals surface area contributed by atoms with E-state index in [1.165, 1.54) is 0 Å². The van der Waals surface area contributed by atoms with E-state index in [0.29, 0.717) is 12.1 Å². The Kier molecular flexibility index (Phi) is 3.47. The Balaban J connectivity index is 3.18. The number of halogens is 6. The zero-order valence-corrected chi connectivity index (χ0v) is 7.73. The first-order chi connectivity index (χ1) is 7.21. The third-order valence-electron chi connectivity index (χ3n) is 1.90. The van der Waals surface area contributed by atoms with E-state index in [0.717, 1.165) is 0 Å². The van der Waals surface area contributed by atoms with Gasteiger partial charge in [-0.15, -0.1) is 0 Å². The van der Waals surface area contributed by atoms with E-state index in [1.54, 1.807) is 0 Å². The Labute approximate surface area is 86.9 Å². The molecule has 1 nitrogen and oxygen atoms in total. The van der Waals surface area contributed by atoms with E-state index >= 15 is 0 Å². The lowest BCUT2D eigenvalue weighted by Gasteiger charge is -2.14. The second-order valence-electron chi connectivity index (χ2n) is 3.13. The van der Waals surface area contributed by atoms with Gasteiger partial charge in [-0.25, -0.2) is 13.2 Å². The first-order valence-electron chi connectivity index (χ1n) is 4.13. The number of hydrogen-bond acceptors (Lipinski definition) is 1. The highest BCUT2D eigenvalue weighted by atomic mass is 19.4. The van der Waals surface area contributed by atoms with Gasteiger partial charge in [-0.2, -0.15) is 13.2 Å². The van der Waals surface area contributed by atoms with E-state index in [4.69, 9.17) is 5.73 Å². The Morgan fingerprint density at radius 2 is 1.62 bits per heavy atom. The Bertz CT molecular complexity index is 373. The molecule has 0 spiro atoms. The molecule has 0 saturated heterocycles. The lowest BCUT2D eigenvalue weighted by atomic mass is 10.0. The molecule has 90 valence electrons. The Morgan fingerprint density at radius 1 is 1.06 bits per heavy atom. The minimum absolute atomic E-state index is 0.224. The first kappa shape index (κ1) is 12.8. The van der Waals surface area contributed by atoms with Gasteiger partial charge < -0.3 is 5.73 Å². The molecule has 0 aromatic heterocycles. The maximum Gasteiger partial charge on any atom is 0.416 e. The molecular formula is C9H7F6N. The van der Waals surface area contributed by atoms with Crippen LogP contribution in [0.3, 0.4) is 0 Å². The van der Waals surface area contributed by atoms with Gasteiger partial charge in [0.2, 0.25) is 0 Å². The molecule has 0 aliphatic carbocycles. The summed E-state index contributed by atoms with van der Waals surface area (Å²) in [5.41, 5.74) is 3.02. The van der Waals surface area contributed by atoms with Crippen LogP contribution >= 0.6 is 0 Å². The molecule has 1 aromatic carbocycles. The summed E-state index contributed by atoms with van der Waals surface area (Å²) in [5, 5.41) is 0. The Hall–Kier alpha value is -1.24. The average molecular weight is 243 g/mol. The molecule has 16 heavy (non-hydrogen) atoms. The highest BCUT2D eigenvalue weighted by Gasteiger charge is 2.32. The van der Waals surface area contributed by atoms with Crippen molar-refractivity contribution < 1.29 is 26.3 Å². The van der Waals surface area contributed by atoms with E-state index in [1.807, 2.05) is 0 Å². The van der Waals surface area contributed by atoms with Gasteiger partial charge in [0, 0.05) is 0 Å². The molecular weight excluding hydrogens is 236 g/mol. The van der Waals surface area contributed by atoms with Crippen LogP contribution in [-0.2, 0) is 6.18 Å². The molecule has 1 aromatic rings. The van der Waals surface area contributed by atoms with Crippen LogP contribution in [0.25, 0.3) is 0 Å². The largest absolute Gasteiger partial charge is 0.416 e. The van der Waals surface area contributed by atoms with E-state index in [2.05, 4.69) is 0 Å². The predicted octanol–water partition coefficient (Wildman–Crippen LogP) is 3.11. The van der Waals surface area contributed by atoms with Crippen molar-refractivity contribution in [3.05, 3.63) is 35.1 Å². The fourth-order valence-electron chi connectivity index (χ4n) is 1.11. The molecule has 1 rings (SSSR count). The van der Waals surface area contributed by atoms with E-state index < -0.39 is 35.6 Å². The summed E-state index contributed by atoms with van der Waals surface area (Å²) in [6.45, 7) is 0. The Morgan fingerprint density at radius 3 is 2.06 bits per heavy atom. The van der Waals surface area contributed by atoms with Crippen LogP contribution in [0.5, 0.6) is 0 Å². The van der Waals surface area contributed by atoms with Crippen molar-refractivity contribution in [2.75, 3.05) is 0 Å². The number of benzene rings is 1. The van der Waals surface area contributed by atoms with Crippen molar-refractivity contribution in [3.63, 3.8) is 0 Å². The van der Waals surface area contributed by atoms with Crippen molar-refractivity contribution in [1.29, 1.82) is 0 Å². The van der Waals surface area contributed by atoms with Crippen LogP contribution in [0.15, 0.2) is 18.2 Å². The summed E-state index contributed by atoms with van der Waals surface area (Å²) in [4.78, 5) is 0. The van der Waals surface area contributed by atoms with Crippen LogP contribution < -0.4 is 5.73 Å². The molecule has 0 radical (unpaired) electrons. The smallest absolute Gasteiger partial charge is 0.319 e. The van der Waals surface area contributed by atoms with Crippen molar-refractivity contribution in [2.45, 2.75) is 18.6 Å². The first-order valence-corrected chi connectivity index (χ1v) is 4.13. The SMILES string of the molecule is NC(c1cc(F)cc(C(F)(F)F)c1)C(F)F. The number of hydrogen-bond donors (Lipinski definition) is 1. The van der Waals surface area contributed by atoms with Gasteiger partial charge in [-0.3, -0.25) is 0 Å². The van der Waals surface area contributed by atoms with Crippen LogP contribution in [0, 0.1) is 5.82 Å². The van der Waals surface area contributed by atoms with Gasteiger partial charge in [0.05, 0.1) is 11.6 Å². The van der Waals surface area contributed by atoms with Gasteiger partial charge in [-0.05, 0) is 23.8 Å². The summed E-state index contributed by atoms with van der Waals surface area (Å²) in [7, 11) is 0. The summed E-state index contributed by atoms with van der Waals surface area (Å²) in [6.07, 6.45) is -7.85. The van der Waals surface area contributed by atoms with Gasteiger partial charge in [0.25, 0.3) is 6.43 Å². The van der Waals surface area contributed by atoms with E-state index in [-0.39, 0.29) is 6.07 Å². The monoisotopic (exact) mass is 243 g/mol. The number of nitrogens with two attached hydrogens (primary N) is 1. The number of rotatable bonds is 2. The molecule has 0 aliphatic rings. The lowest BCUT2D eigenvalue weighted by molar-refractivity contribution is -0.137. The fraction of sp³-hybridized carbons (Fsp3) is 0.333. The normalized spacial score (nSPS) is 14.2. The second-order valence-corrected chi connectivity index (χ2v) is 3.13. The molecule has 0 fully saturated rings. The number of alkyl halides is 5. The topological polar surface area (TPSA) is 26.0 Å². The third kappa shape index (κ3) is 2.88. The second kappa shape index (κ2) is 4.32. The summed E-state index contributed by atoms with van der Waals surface area (Å²) < 4.78 is 73.7. The molecule has 0 bridgehead atoms. The summed E-state index contributed by atoms with van der Waals surface area (Å²) in [6, 6.07) is -0.731. The van der Waals surface area contributed by atoms with E-state index in [9.17, 15) is 26.3 Å². The molecule has 1 atom stereocenters. The molecule has 0 amide bonds. The van der Waals surface area contributed by atoms with Crippen LogP contribution in [0.4, 0.5) is 26.3 Å². The van der Waals surface area contributed by atoms with Crippen molar-refractivity contribution in [2.24, 2.45) is 5.73 Å². The standard InChI is InChI=1S/C9H7F6N/c10-6-2-4(7(16)8(11)12)1-5(3-6)9(13,14)15/h1-3,7-8H,16H2. The molecule has 0 heterocycles. The fourth-order valence-corrected chi connectivity index (χ4v) is 1.11. The highest BCUT2D eigenvalue weighted by Crippen LogP contribution is 2.32. The zero-order valence-electron chi connectivity index (χ0n) is 7.73. The molecule has 0 saturated carbocycles. The van der Waals surface area contributed by atoms with Gasteiger partial charge in [0.15, 0.2) is 0 Å². The predicted molar refractivity (Wildman–Crippen MR) is 44.3 cm³/mol. The van der Waals surface area contributed by atoms with Gasteiger partial charge in [0.1, 0.15) is 5.82 Å². The van der Waals surface area contributed by atoms with Gasteiger partial charge in [-0.1, -0.05) is 0 Å². The molecule has 7 heteroatoms. The summed E-state index contributed by atoms with van der Waals surface area (Å²) in [5.74, 6) is -1.25. The van der Waals surface area contributed by atoms with Crippen LogP contribution in [0.1, 0.15) is 17.2 Å². The van der Waals surface area contributed by atoms with Crippen LogP contribution in [0.2, 0.25) is 0 Å². The minimum Gasteiger partial charge on any atom is -0.319 e. The maximum absolute atomic E-state index is 12.8. The van der Waals surface area contributed by atoms with Crippen LogP contribution in [-0.4, -0.2) is 6.43 Å².